The lowest BCUT2D eigenvalue weighted by atomic mass is 10.3. The van der Waals surface area contributed by atoms with Gasteiger partial charge in [0.15, 0.2) is 5.82 Å². The number of carbonyl (C=O) groups is 1. The van der Waals surface area contributed by atoms with Crippen LogP contribution < -0.4 is 5.73 Å². The lowest BCUT2D eigenvalue weighted by Crippen LogP contribution is -2.39. The molecule has 2 rings (SSSR count). The number of fused-ring (bicyclic) bond motifs is 1. The predicted octanol–water partition coefficient (Wildman–Crippen LogP) is -0.470. The number of aromatic nitrogens is 3. The normalized spacial score (nSPS) is 15.9. The molecule has 0 unspecified atom stereocenters. The molecule has 1 aliphatic rings. The van der Waals surface area contributed by atoms with Gasteiger partial charge in [-0.25, -0.2) is 0 Å². The van der Waals surface area contributed by atoms with Crippen molar-refractivity contribution < 1.29 is 4.79 Å². The van der Waals surface area contributed by atoms with Crippen molar-refractivity contribution in [1.82, 2.24) is 19.7 Å². The van der Waals surface area contributed by atoms with E-state index in [1.54, 1.807) is 18.9 Å². The zero-order valence-electron chi connectivity index (χ0n) is 9.68. The number of hydrogen-bond acceptors (Lipinski definition) is 4. The van der Waals surface area contributed by atoms with Crippen molar-refractivity contribution in [3.8, 4) is 0 Å². The van der Waals surface area contributed by atoms with E-state index in [1.807, 2.05) is 0 Å². The van der Waals surface area contributed by atoms with Gasteiger partial charge in [-0.05, 0) is 13.3 Å². The largest absolute Gasteiger partial charge is 0.337 e. The number of likely N-dealkylation sites (N-methyl/N-ethyl adjacent to an activating group) is 1. The maximum absolute atomic E-state index is 11.6. The van der Waals surface area contributed by atoms with Gasteiger partial charge in [0, 0.05) is 20.0 Å². The lowest BCUT2D eigenvalue weighted by molar-refractivity contribution is -0.131. The number of aryl methyl sites for hydroxylation is 1. The molecule has 2 heterocycles. The summed E-state index contributed by atoms with van der Waals surface area (Å²) in [5.74, 6) is 1.80. The summed E-state index contributed by atoms with van der Waals surface area (Å²) in [6.45, 7) is 3.12. The summed E-state index contributed by atoms with van der Waals surface area (Å²) in [5, 5.41) is 8.20. The van der Waals surface area contributed by atoms with E-state index in [-0.39, 0.29) is 5.91 Å². The Morgan fingerprint density at radius 2 is 2.38 bits per heavy atom. The second-order valence-electron chi connectivity index (χ2n) is 4.27. The molecular formula is C10H17N5O. The summed E-state index contributed by atoms with van der Waals surface area (Å²) in [5.41, 5.74) is 5.54. The second-order valence-corrected chi connectivity index (χ2v) is 4.27. The molecule has 0 aromatic carbocycles. The number of nitrogens with two attached hydrogens (primary N) is 1. The highest BCUT2D eigenvalue weighted by Gasteiger charge is 2.20. The van der Waals surface area contributed by atoms with E-state index >= 15 is 0 Å². The highest BCUT2D eigenvalue weighted by Crippen LogP contribution is 2.14. The molecule has 1 aromatic rings. The zero-order chi connectivity index (χ0) is 11.7. The standard InChI is InChI=1S/C10H17N5O/c1-7(11)10(16)14(2)6-9-13-12-8-4-3-5-15(8)9/h7H,3-6,11H2,1-2H3/t7-/m1/s1. The maximum Gasteiger partial charge on any atom is 0.239 e. The van der Waals surface area contributed by atoms with Crippen molar-refractivity contribution in [1.29, 1.82) is 0 Å². The predicted molar refractivity (Wildman–Crippen MR) is 58.5 cm³/mol. The quantitative estimate of drug-likeness (QED) is 0.751. The van der Waals surface area contributed by atoms with Crippen molar-refractivity contribution in [2.75, 3.05) is 7.05 Å². The minimum atomic E-state index is -0.467. The van der Waals surface area contributed by atoms with Gasteiger partial charge in [0.05, 0.1) is 12.6 Å². The molecule has 16 heavy (non-hydrogen) atoms. The van der Waals surface area contributed by atoms with Crippen LogP contribution in [0, 0.1) is 0 Å². The summed E-state index contributed by atoms with van der Waals surface area (Å²) in [4.78, 5) is 13.2. The van der Waals surface area contributed by atoms with Gasteiger partial charge in [-0.1, -0.05) is 0 Å². The van der Waals surface area contributed by atoms with E-state index in [4.69, 9.17) is 5.73 Å². The Morgan fingerprint density at radius 3 is 3.06 bits per heavy atom. The van der Waals surface area contributed by atoms with E-state index in [2.05, 4.69) is 14.8 Å². The molecule has 0 bridgehead atoms. The first-order chi connectivity index (χ1) is 7.59. The molecule has 0 saturated heterocycles. The average molecular weight is 223 g/mol. The Bertz CT molecular complexity index is 398. The van der Waals surface area contributed by atoms with Crippen molar-refractivity contribution in [3.63, 3.8) is 0 Å². The average Bonchev–Trinajstić information content (AvgIpc) is 2.81. The van der Waals surface area contributed by atoms with Crippen LogP contribution in [0.5, 0.6) is 0 Å². The topological polar surface area (TPSA) is 77.0 Å². The smallest absolute Gasteiger partial charge is 0.239 e. The summed E-state index contributed by atoms with van der Waals surface area (Å²) >= 11 is 0. The minimum absolute atomic E-state index is 0.0738. The number of rotatable bonds is 3. The molecule has 0 fully saturated rings. The van der Waals surface area contributed by atoms with E-state index in [1.165, 1.54) is 0 Å². The first-order valence-electron chi connectivity index (χ1n) is 5.51. The molecule has 88 valence electrons. The lowest BCUT2D eigenvalue weighted by Gasteiger charge is -2.18. The Morgan fingerprint density at radius 1 is 1.62 bits per heavy atom. The third-order valence-electron chi connectivity index (χ3n) is 2.83. The van der Waals surface area contributed by atoms with Crippen LogP contribution in [0.25, 0.3) is 0 Å². The van der Waals surface area contributed by atoms with Gasteiger partial charge in [-0.2, -0.15) is 0 Å². The van der Waals surface area contributed by atoms with Crippen LogP contribution in [-0.2, 0) is 24.3 Å². The maximum atomic E-state index is 11.6. The Hall–Kier alpha value is -1.43. The summed E-state index contributed by atoms with van der Waals surface area (Å²) in [6, 6.07) is -0.467. The second kappa shape index (κ2) is 4.21. The number of carbonyl (C=O) groups excluding carboxylic acids is 1. The third-order valence-corrected chi connectivity index (χ3v) is 2.83. The van der Waals surface area contributed by atoms with Crippen molar-refractivity contribution >= 4 is 5.91 Å². The molecule has 0 aliphatic carbocycles. The number of amides is 1. The van der Waals surface area contributed by atoms with Crippen LogP contribution in [0.1, 0.15) is 25.0 Å². The molecule has 0 spiro atoms. The third kappa shape index (κ3) is 1.92. The van der Waals surface area contributed by atoms with Crippen LogP contribution in [0.4, 0.5) is 0 Å². The summed E-state index contributed by atoms with van der Waals surface area (Å²) in [6.07, 6.45) is 2.10. The van der Waals surface area contributed by atoms with Crippen molar-refractivity contribution in [2.45, 2.75) is 38.9 Å². The first kappa shape index (κ1) is 11.1. The molecule has 0 radical (unpaired) electrons. The zero-order valence-corrected chi connectivity index (χ0v) is 9.68. The molecule has 1 amide bonds. The van der Waals surface area contributed by atoms with Gasteiger partial charge in [0.1, 0.15) is 5.82 Å². The minimum Gasteiger partial charge on any atom is -0.337 e. The fraction of sp³-hybridized carbons (Fsp3) is 0.700. The number of hydrogen-bond donors (Lipinski definition) is 1. The highest BCUT2D eigenvalue weighted by atomic mass is 16.2. The van der Waals surface area contributed by atoms with E-state index < -0.39 is 6.04 Å². The Kier molecular flexibility index (Phi) is 2.91. The van der Waals surface area contributed by atoms with Gasteiger partial charge in [0.2, 0.25) is 5.91 Å². The fourth-order valence-corrected chi connectivity index (χ4v) is 1.97. The van der Waals surface area contributed by atoms with E-state index in [0.29, 0.717) is 6.54 Å². The van der Waals surface area contributed by atoms with Gasteiger partial charge in [-0.3, -0.25) is 4.79 Å². The molecule has 1 atom stereocenters. The van der Waals surface area contributed by atoms with Gasteiger partial charge < -0.3 is 15.2 Å². The van der Waals surface area contributed by atoms with Crippen molar-refractivity contribution in [3.05, 3.63) is 11.6 Å². The molecule has 6 heteroatoms. The molecule has 0 saturated carbocycles. The van der Waals surface area contributed by atoms with Crippen LogP contribution in [0.15, 0.2) is 0 Å². The molecule has 6 nitrogen and oxygen atoms in total. The van der Waals surface area contributed by atoms with Crippen molar-refractivity contribution in [2.24, 2.45) is 5.73 Å². The summed E-state index contributed by atoms with van der Waals surface area (Å²) < 4.78 is 2.09. The Balaban J connectivity index is 2.07. The SMILES string of the molecule is C[C@@H](N)C(=O)N(C)Cc1nnc2n1CCC2. The molecule has 2 N–H and O–H groups in total. The van der Waals surface area contributed by atoms with Crippen LogP contribution >= 0.6 is 0 Å². The van der Waals surface area contributed by atoms with Crippen LogP contribution in [-0.4, -0.2) is 38.7 Å². The summed E-state index contributed by atoms with van der Waals surface area (Å²) in [7, 11) is 1.74. The molecule has 1 aliphatic heterocycles. The Labute approximate surface area is 94.4 Å². The number of nitrogens with zero attached hydrogens (tertiary/aromatic N) is 4. The van der Waals surface area contributed by atoms with Crippen LogP contribution in [0.2, 0.25) is 0 Å². The highest BCUT2D eigenvalue weighted by molar-refractivity contribution is 5.80. The molecular weight excluding hydrogens is 206 g/mol. The van der Waals surface area contributed by atoms with Crippen LogP contribution in [0.3, 0.4) is 0 Å². The monoisotopic (exact) mass is 223 g/mol. The molecule has 1 aromatic heterocycles. The van der Waals surface area contributed by atoms with Gasteiger partial charge >= 0.3 is 0 Å². The fourth-order valence-electron chi connectivity index (χ4n) is 1.97. The van der Waals surface area contributed by atoms with Gasteiger partial charge in [-0.15, -0.1) is 10.2 Å². The van der Waals surface area contributed by atoms with E-state index in [0.717, 1.165) is 31.0 Å². The van der Waals surface area contributed by atoms with Gasteiger partial charge in [0.25, 0.3) is 0 Å². The van der Waals surface area contributed by atoms with E-state index in [9.17, 15) is 4.79 Å². The first-order valence-corrected chi connectivity index (χ1v) is 5.51.